The number of rotatable bonds is 6. The van der Waals surface area contributed by atoms with E-state index in [0.717, 1.165) is 24.2 Å². The van der Waals surface area contributed by atoms with Gasteiger partial charge in [0.1, 0.15) is 0 Å². The molecule has 5 nitrogen and oxygen atoms in total. The zero-order chi connectivity index (χ0) is 18.5. The number of nitrogens with zero attached hydrogens (tertiary/aromatic N) is 3. The fourth-order valence-corrected chi connectivity index (χ4v) is 3.51. The van der Waals surface area contributed by atoms with Crippen LogP contribution >= 0.6 is 0 Å². The second-order valence-electron chi connectivity index (χ2n) is 6.95. The van der Waals surface area contributed by atoms with Crippen molar-refractivity contribution < 1.29 is 4.79 Å². The highest BCUT2D eigenvalue weighted by molar-refractivity contribution is 5.94. The van der Waals surface area contributed by atoms with E-state index in [-0.39, 0.29) is 5.91 Å². The van der Waals surface area contributed by atoms with Gasteiger partial charge in [-0.05, 0) is 54.3 Å². The number of benzene rings is 2. The molecule has 0 aliphatic carbocycles. The summed E-state index contributed by atoms with van der Waals surface area (Å²) in [5.74, 6) is -0.0520. The first-order valence-corrected chi connectivity index (χ1v) is 9.46. The molecule has 2 aromatic carbocycles. The molecule has 1 aliphatic heterocycles. The average Bonchev–Trinajstić information content (AvgIpc) is 3.41. The number of aromatic nitrogens is 2. The average molecular weight is 360 g/mol. The minimum atomic E-state index is -0.0520. The molecular formula is C22H24N4O. The Kier molecular flexibility index (Phi) is 5.19. The van der Waals surface area contributed by atoms with Gasteiger partial charge in [0.25, 0.3) is 5.91 Å². The van der Waals surface area contributed by atoms with Crippen LogP contribution in [-0.4, -0.2) is 28.8 Å². The van der Waals surface area contributed by atoms with Crippen molar-refractivity contribution in [1.29, 1.82) is 0 Å². The first kappa shape index (κ1) is 17.3. The number of nitrogens with one attached hydrogen (secondary N) is 1. The third-order valence-corrected chi connectivity index (χ3v) is 4.93. The van der Waals surface area contributed by atoms with Gasteiger partial charge >= 0.3 is 0 Å². The summed E-state index contributed by atoms with van der Waals surface area (Å²) in [4.78, 5) is 15.0. The smallest absolute Gasteiger partial charge is 0.251 e. The summed E-state index contributed by atoms with van der Waals surface area (Å²) in [7, 11) is 0. The van der Waals surface area contributed by atoms with E-state index in [0.29, 0.717) is 18.7 Å². The Bertz CT molecular complexity index is 898. The summed E-state index contributed by atoms with van der Waals surface area (Å²) in [6.07, 6.45) is 6.19. The van der Waals surface area contributed by atoms with Crippen LogP contribution in [0.5, 0.6) is 0 Å². The fraction of sp³-hybridized carbons (Fsp3) is 0.273. The number of carbonyl (C=O) groups is 1. The van der Waals surface area contributed by atoms with E-state index in [4.69, 9.17) is 0 Å². The molecule has 5 heteroatoms. The van der Waals surface area contributed by atoms with Crippen LogP contribution in [0, 0.1) is 0 Å². The molecule has 2 heterocycles. The summed E-state index contributed by atoms with van der Waals surface area (Å²) in [6.45, 7) is 3.44. The second-order valence-corrected chi connectivity index (χ2v) is 6.95. The molecule has 0 bridgehead atoms. The van der Waals surface area contributed by atoms with Crippen LogP contribution in [0.1, 0.15) is 34.3 Å². The van der Waals surface area contributed by atoms with Crippen molar-refractivity contribution in [3.05, 3.63) is 83.7 Å². The lowest BCUT2D eigenvalue weighted by Crippen LogP contribution is -2.23. The molecule has 1 fully saturated rings. The van der Waals surface area contributed by atoms with Gasteiger partial charge in [0.2, 0.25) is 0 Å². The van der Waals surface area contributed by atoms with Crippen LogP contribution in [0.2, 0.25) is 0 Å². The SMILES string of the molecule is O=C(NCc1cccc(N2CCCC2)c1)c1cccc(Cn2cccn2)c1. The van der Waals surface area contributed by atoms with Gasteiger partial charge in [-0.2, -0.15) is 5.10 Å². The Hall–Kier alpha value is -3.08. The monoisotopic (exact) mass is 360 g/mol. The quantitative estimate of drug-likeness (QED) is 0.732. The molecular weight excluding hydrogens is 336 g/mol. The first-order valence-electron chi connectivity index (χ1n) is 9.46. The largest absolute Gasteiger partial charge is 0.372 e. The van der Waals surface area contributed by atoms with Gasteiger partial charge < -0.3 is 10.2 Å². The minimum Gasteiger partial charge on any atom is -0.372 e. The van der Waals surface area contributed by atoms with E-state index in [2.05, 4.69) is 39.6 Å². The van der Waals surface area contributed by atoms with Gasteiger partial charge in [-0.25, -0.2) is 0 Å². The first-order chi connectivity index (χ1) is 13.3. The van der Waals surface area contributed by atoms with Crippen molar-refractivity contribution >= 4 is 11.6 Å². The lowest BCUT2D eigenvalue weighted by atomic mass is 10.1. The van der Waals surface area contributed by atoms with Gasteiger partial charge in [0.05, 0.1) is 6.54 Å². The topological polar surface area (TPSA) is 50.2 Å². The molecule has 1 N–H and O–H groups in total. The third-order valence-electron chi connectivity index (χ3n) is 4.93. The summed E-state index contributed by atoms with van der Waals surface area (Å²) in [5, 5.41) is 7.25. The van der Waals surface area contributed by atoms with Crippen molar-refractivity contribution in [1.82, 2.24) is 15.1 Å². The molecule has 1 saturated heterocycles. The Morgan fingerprint density at radius 1 is 1.00 bits per heavy atom. The second kappa shape index (κ2) is 8.08. The summed E-state index contributed by atoms with van der Waals surface area (Å²) >= 11 is 0. The van der Waals surface area contributed by atoms with Gasteiger partial charge in [0, 0.05) is 43.3 Å². The lowest BCUT2D eigenvalue weighted by molar-refractivity contribution is 0.0951. The van der Waals surface area contributed by atoms with Crippen LogP contribution in [0.15, 0.2) is 67.0 Å². The zero-order valence-electron chi connectivity index (χ0n) is 15.3. The van der Waals surface area contributed by atoms with E-state index >= 15 is 0 Å². The fourth-order valence-electron chi connectivity index (χ4n) is 3.51. The molecule has 0 saturated carbocycles. The highest BCUT2D eigenvalue weighted by Gasteiger charge is 2.12. The number of amides is 1. The van der Waals surface area contributed by atoms with E-state index in [1.54, 1.807) is 6.20 Å². The van der Waals surface area contributed by atoms with Crippen LogP contribution in [-0.2, 0) is 13.1 Å². The maximum absolute atomic E-state index is 12.6. The molecule has 0 atom stereocenters. The minimum absolute atomic E-state index is 0.0520. The maximum atomic E-state index is 12.6. The number of anilines is 1. The van der Waals surface area contributed by atoms with Crippen LogP contribution in [0.4, 0.5) is 5.69 Å². The van der Waals surface area contributed by atoms with Gasteiger partial charge in [0.15, 0.2) is 0 Å². The predicted molar refractivity (Wildman–Crippen MR) is 107 cm³/mol. The van der Waals surface area contributed by atoms with Crippen molar-refractivity contribution in [2.45, 2.75) is 25.9 Å². The molecule has 0 spiro atoms. The summed E-state index contributed by atoms with van der Waals surface area (Å²) < 4.78 is 1.85. The molecule has 0 unspecified atom stereocenters. The molecule has 1 aromatic heterocycles. The number of hydrogen-bond donors (Lipinski definition) is 1. The van der Waals surface area contributed by atoms with Crippen molar-refractivity contribution in [3.8, 4) is 0 Å². The van der Waals surface area contributed by atoms with Crippen LogP contribution < -0.4 is 10.2 Å². The Morgan fingerprint density at radius 2 is 1.81 bits per heavy atom. The highest BCUT2D eigenvalue weighted by atomic mass is 16.1. The molecule has 27 heavy (non-hydrogen) atoms. The van der Waals surface area contributed by atoms with Gasteiger partial charge in [-0.1, -0.05) is 24.3 Å². The molecule has 0 radical (unpaired) electrons. The molecule has 3 aromatic rings. The summed E-state index contributed by atoms with van der Waals surface area (Å²) in [6, 6.07) is 18.1. The van der Waals surface area contributed by atoms with E-state index in [1.807, 2.05) is 41.2 Å². The molecule has 138 valence electrons. The number of carbonyl (C=O) groups excluding carboxylic acids is 1. The predicted octanol–water partition coefficient (Wildman–Crippen LogP) is 3.46. The van der Waals surface area contributed by atoms with E-state index < -0.39 is 0 Å². The van der Waals surface area contributed by atoms with Gasteiger partial charge in [-0.3, -0.25) is 9.48 Å². The zero-order valence-corrected chi connectivity index (χ0v) is 15.3. The van der Waals surface area contributed by atoms with Crippen LogP contribution in [0.3, 0.4) is 0 Å². The molecule has 4 rings (SSSR count). The molecule has 1 amide bonds. The lowest BCUT2D eigenvalue weighted by Gasteiger charge is -2.18. The van der Waals surface area contributed by atoms with E-state index in [1.165, 1.54) is 18.5 Å². The standard InChI is InChI=1S/C22H24N4O/c27-22(20-8-3-7-19(14-20)17-26-13-5-10-24-26)23-16-18-6-4-9-21(15-18)25-11-1-2-12-25/h3-10,13-15H,1-2,11-12,16-17H2,(H,23,27). The van der Waals surface area contributed by atoms with Crippen molar-refractivity contribution in [2.75, 3.05) is 18.0 Å². The maximum Gasteiger partial charge on any atom is 0.251 e. The van der Waals surface area contributed by atoms with Crippen LogP contribution in [0.25, 0.3) is 0 Å². The van der Waals surface area contributed by atoms with Gasteiger partial charge in [-0.15, -0.1) is 0 Å². The normalized spacial score (nSPS) is 13.7. The Labute approximate surface area is 159 Å². The summed E-state index contributed by atoms with van der Waals surface area (Å²) in [5.41, 5.74) is 4.11. The third kappa shape index (κ3) is 4.37. The van der Waals surface area contributed by atoms with E-state index in [9.17, 15) is 4.79 Å². The van der Waals surface area contributed by atoms with Crippen molar-refractivity contribution in [3.63, 3.8) is 0 Å². The Morgan fingerprint density at radius 3 is 2.63 bits per heavy atom. The Balaban J connectivity index is 1.38. The highest BCUT2D eigenvalue weighted by Crippen LogP contribution is 2.21. The molecule has 1 aliphatic rings. The van der Waals surface area contributed by atoms with Crippen molar-refractivity contribution in [2.24, 2.45) is 0 Å². The number of hydrogen-bond acceptors (Lipinski definition) is 3.